The molecule has 2 aromatic rings. The number of nitrogens with one attached hydrogen (secondary N) is 1. The molecule has 0 fully saturated rings. The molecule has 24 heavy (non-hydrogen) atoms. The SMILES string of the molecule is Cc1ccc(S(=O)(=O)NCC(O)CCOCc2ccccc2)cc1. The highest BCUT2D eigenvalue weighted by Crippen LogP contribution is 2.10. The summed E-state index contributed by atoms with van der Waals surface area (Å²) in [5.41, 5.74) is 2.05. The number of ether oxygens (including phenoxy) is 1. The van der Waals surface area contributed by atoms with E-state index in [-0.39, 0.29) is 11.4 Å². The van der Waals surface area contributed by atoms with Crippen molar-refractivity contribution in [3.8, 4) is 0 Å². The summed E-state index contributed by atoms with van der Waals surface area (Å²) >= 11 is 0. The predicted octanol–water partition coefficient (Wildman–Crippen LogP) is 2.24. The van der Waals surface area contributed by atoms with Crippen LogP contribution in [0.15, 0.2) is 59.5 Å². The highest BCUT2D eigenvalue weighted by Gasteiger charge is 2.15. The van der Waals surface area contributed by atoms with E-state index in [1.807, 2.05) is 37.3 Å². The van der Waals surface area contributed by atoms with Gasteiger partial charge in [0.15, 0.2) is 0 Å². The molecule has 0 spiro atoms. The molecule has 0 aromatic heterocycles. The number of rotatable bonds is 9. The molecule has 1 atom stereocenters. The number of hydrogen-bond donors (Lipinski definition) is 2. The van der Waals surface area contributed by atoms with Gasteiger partial charge in [0.2, 0.25) is 10.0 Å². The Hall–Kier alpha value is -1.73. The summed E-state index contributed by atoms with van der Waals surface area (Å²) in [6, 6.07) is 16.3. The van der Waals surface area contributed by atoms with Crippen molar-refractivity contribution in [1.29, 1.82) is 0 Å². The fourth-order valence-electron chi connectivity index (χ4n) is 2.09. The number of aryl methyl sites for hydroxylation is 1. The van der Waals surface area contributed by atoms with Gasteiger partial charge in [-0.15, -0.1) is 0 Å². The smallest absolute Gasteiger partial charge is 0.240 e. The summed E-state index contributed by atoms with van der Waals surface area (Å²) in [7, 11) is -3.60. The van der Waals surface area contributed by atoms with Gasteiger partial charge in [0.25, 0.3) is 0 Å². The summed E-state index contributed by atoms with van der Waals surface area (Å²) in [6.45, 7) is 2.69. The van der Waals surface area contributed by atoms with Crippen LogP contribution in [0.25, 0.3) is 0 Å². The maximum Gasteiger partial charge on any atom is 0.240 e. The van der Waals surface area contributed by atoms with Crippen molar-refractivity contribution in [3.05, 3.63) is 65.7 Å². The van der Waals surface area contributed by atoms with Crippen LogP contribution in [0.2, 0.25) is 0 Å². The molecule has 0 bridgehead atoms. The lowest BCUT2D eigenvalue weighted by atomic mass is 10.2. The Morgan fingerprint density at radius 1 is 1.08 bits per heavy atom. The lowest BCUT2D eigenvalue weighted by Crippen LogP contribution is -2.32. The third-order valence-corrected chi connectivity index (χ3v) is 4.99. The van der Waals surface area contributed by atoms with Crippen LogP contribution in [0.3, 0.4) is 0 Å². The fraction of sp³-hybridized carbons (Fsp3) is 0.333. The van der Waals surface area contributed by atoms with Crippen LogP contribution in [0.1, 0.15) is 17.5 Å². The van der Waals surface area contributed by atoms with E-state index in [2.05, 4.69) is 4.72 Å². The van der Waals surface area contributed by atoms with Crippen LogP contribution in [0.4, 0.5) is 0 Å². The molecule has 0 heterocycles. The zero-order valence-corrected chi connectivity index (χ0v) is 14.5. The number of sulfonamides is 1. The van der Waals surface area contributed by atoms with Gasteiger partial charge < -0.3 is 9.84 Å². The van der Waals surface area contributed by atoms with E-state index in [0.717, 1.165) is 11.1 Å². The fourth-order valence-corrected chi connectivity index (χ4v) is 3.17. The average molecular weight is 349 g/mol. The molecule has 0 radical (unpaired) electrons. The first-order chi connectivity index (χ1) is 11.5. The summed E-state index contributed by atoms with van der Waals surface area (Å²) in [6.07, 6.45) is -0.426. The molecule has 0 saturated carbocycles. The summed E-state index contributed by atoms with van der Waals surface area (Å²) in [4.78, 5) is 0.195. The molecule has 0 amide bonds. The van der Waals surface area contributed by atoms with Crippen LogP contribution < -0.4 is 4.72 Å². The van der Waals surface area contributed by atoms with Gasteiger partial charge in [-0.1, -0.05) is 48.0 Å². The largest absolute Gasteiger partial charge is 0.392 e. The molecular formula is C18H23NO4S. The van der Waals surface area contributed by atoms with Crippen molar-refractivity contribution < 1.29 is 18.3 Å². The van der Waals surface area contributed by atoms with Gasteiger partial charge in [-0.25, -0.2) is 13.1 Å². The Morgan fingerprint density at radius 3 is 2.42 bits per heavy atom. The normalized spacial score (nSPS) is 12.9. The van der Waals surface area contributed by atoms with E-state index in [0.29, 0.717) is 19.6 Å². The standard InChI is InChI=1S/C18H23NO4S/c1-15-7-9-18(10-8-15)24(21,22)19-13-17(20)11-12-23-14-16-5-3-2-4-6-16/h2-10,17,19-20H,11-14H2,1H3. The number of hydrogen-bond acceptors (Lipinski definition) is 4. The van der Waals surface area contributed by atoms with Gasteiger partial charge in [0.1, 0.15) is 0 Å². The lowest BCUT2D eigenvalue weighted by Gasteiger charge is -2.13. The summed E-state index contributed by atoms with van der Waals surface area (Å²) in [5, 5.41) is 9.89. The van der Waals surface area contributed by atoms with Crippen LogP contribution in [-0.4, -0.2) is 32.8 Å². The maximum atomic E-state index is 12.1. The Balaban J connectivity index is 1.70. The molecule has 2 rings (SSSR count). The van der Waals surface area contributed by atoms with Crippen LogP contribution >= 0.6 is 0 Å². The zero-order chi connectivity index (χ0) is 17.4. The molecule has 2 aromatic carbocycles. The first-order valence-corrected chi connectivity index (χ1v) is 9.32. The Labute approximate surface area is 143 Å². The Kier molecular flexibility index (Phi) is 6.93. The molecule has 130 valence electrons. The van der Waals surface area contributed by atoms with Crippen molar-refractivity contribution in [2.24, 2.45) is 0 Å². The second kappa shape index (κ2) is 8.94. The van der Waals surface area contributed by atoms with Crippen LogP contribution in [0.5, 0.6) is 0 Å². The monoisotopic (exact) mass is 349 g/mol. The van der Waals surface area contributed by atoms with E-state index < -0.39 is 16.1 Å². The van der Waals surface area contributed by atoms with Gasteiger partial charge in [0.05, 0.1) is 17.6 Å². The second-order valence-corrected chi connectivity index (χ2v) is 7.41. The van der Waals surface area contributed by atoms with Gasteiger partial charge in [0, 0.05) is 13.2 Å². The summed E-state index contributed by atoms with van der Waals surface area (Å²) < 4.78 is 32.1. The lowest BCUT2D eigenvalue weighted by molar-refractivity contribution is 0.0752. The van der Waals surface area contributed by atoms with Gasteiger partial charge in [-0.3, -0.25) is 0 Å². The minimum atomic E-state index is -3.60. The zero-order valence-electron chi connectivity index (χ0n) is 13.7. The average Bonchev–Trinajstić information content (AvgIpc) is 2.58. The molecule has 2 N–H and O–H groups in total. The quantitative estimate of drug-likeness (QED) is 0.681. The first kappa shape index (κ1) is 18.6. The maximum absolute atomic E-state index is 12.1. The highest BCUT2D eigenvalue weighted by atomic mass is 32.2. The van der Waals surface area contributed by atoms with Crippen molar-refractivity contribution in [2.45, 2.75) is 31.0 Å². The van der Waals surface area contributed by atoms with E-state index in [1.54, 1.807) is 24.3 Å². The Bertz CT molecular complexity index is 714. The van der Waals surface area contributed by atoms with Crippen LogP contribution in [0, 0.1) is 6.92 Å². The molecule has 6 heteroatoms. The molecule has 0 aliphatic carbocycles. The predicted molar refractivity (Wildman–Crippen MR) is 93.1 cm³/mol. The molecule has 0 aliphatic rings. The topological polar surface area (TPSA) is 75.6 Å². The van der Waals surface area contributed by atoms with E-state index >= 15 is 0 Å². The van der Waals surface area contributed by atoms with Crippen molar-refractivity contribution in [2.75, 3.05) is 13.2 Å². The van der Waals surface area contributed by atoms with Gasteiger partial charge >= 0.3 is 0 Å². The second-order valence-electron chi connectivity index (χ2n) is 5.65. The molecule has 0 aliphatic heterocycles. The molecule has 5 nitrogen and oxygen atoms in total. The molecule has 1 unspecified atom stereocenters. The van der Waals surface area contributed by atoms with E-state index in [4.69, 9.17) is 4.74 Å². The minimum absolute atomic E-state index is 0.0368. The first-order valence-electron chi connectivity index (χ1n) is 7.83. The minimum Gasteiger partial charge on any atom is -0.392 e. The number of aliphatic hydroxyl groups excluding tert-OH is 1. The van der Waals surface area contributed by atoms with Gasteiger partial charge in [-0.05, 0) is 31.0 Å². The van der Waals surface area contributed by atoms with Gasteiger partial charge in [-0.2, -0.15) is 0 Å². The van der Waals surface area contributed by atoms with E-state index in [1.165, 1.54) is 0 Å². The van der Waals surface area contributed by atoms with Crippen LogP contribution in [-0.2, 0) is 21.4 Å². The van der Waals surface area contributed by atoms with Crippen molar-refractivity contribution >= 4 is 10.0 Å². The highest BCUT2D eigenvalue weighted by molar-refractivity contribution is 7.89. The summed E-state index contributed by atoms with van der Waals surface area (Å²) in [5.74, 6) is 0. The third kappa shape index (κ3) is 6.05. The van der Waals surface area contributed by atoms with E-state index in [9.17, 15) is 13.5 Å². The number of aliphatic hydroxyl groups is 1. The van der Waals surface area contributed by atoms with Crippen molar-refractivity contribution in [1.82, 2.24) is 4.72 Å². The molecule has 0 saturated heterocycles. The van der Waals surface area contributed by atoms with Crippen molar-refractivity contribution in [3.63, 3.8) is 0 Å². The number of benzene rings is 2. The molecular weight excluding hydrogens is 326 g/mol. The Morgan fingerprint density at radius 2 is 1.75 bits per heavy atom. The third-order valence-electron chi connectivity index (χ3n) is 3.55.